The van der Waals surface area contributed by atoms with E-state index in [1.54, 1.807) is 0 Å². The van der Waals surface area contributed by atoms with Gasteiger partial charge in [-0.3, -0.25) is 9.69 Å². The van der Waals surface area contributed by atoms with E-state index >= 15 is 0 Å². The Kier molecular flexibility index (Phi) is 5.39. The largest absolute Gasteiger partial charge is 0.366 e. The third-order valence-corrected chi connectivity index (χ3v) is 8.87. The average molecular weight is 425 g/mol. The Morgan fingerprint density at radius 1 is 1.00 bits per heavy atom. The van der Waals surface area contributed by atoms with E-state index in [0.717, 1.165) is 37.8 Å². The average Bonchev–Trinajstić information content (AvgIpc) is 3.51. The molecule has 0 atom stereocenters. The normalized spacial score (nSPS) is 32.6. The second-order valence-electron chi connectivity index (χ2n) is 11.7. The summed E-state index contributed by atoms with van der Waals surface area (Å²) in [5, 5.41) is 0. The van der Waals surface area contributed by atoms with Crippen LogP contribution in [0.2, 0.25) is 0 Å². The highest BCUT2D eigenvalue weighted by Crippen LogP contribution is 2.58. The quantitative estimate of drug-likeness (QED) is 0.678. The molecule has 2 spiro atoms. The van der Waals surface area contributed by atoms with Crippen molar-refractivity contribution in [3.8, 4) is 0 Å². The summed E-state index contributed by atoms with van der Waals surface area (Å²) in [7, 11) is 0. The summed E-state index contributed by atoms with van der Waals surface area (Å²) in [4.78, 5) is 27.0. The van der Waals surface area contributed by atoms with E-state index in [0.29, 0.717) is 28.6 Å². The number of carbonyl (C=O) groups excluding carboxylic acids is 1. The van der Waals surface area contributed by atoms with E-state index in [-0.39, 0.29) is 5.92 Å². The molecule has 4 aliphatic rings. The van der Waals surface area contributed by atoms with E-state index in [9.17, 15) is 4.79 Å². The van der Waals surface area contributed by atoms with Crippen molar-refractivity contribution < 1.29 is 4.79 Å². The molecule has 3 aliphatic carbocycles. The lowest BCUT2D eigenvalue weighted by Crippen LogP contribution is -2.63. The third kappa shape index (κ3) is 3.92. The predicted octanol–water partition coefficient (Wildman–Crippen LogP) is 4.82. The van der Waals surface area contributed by atoms with Gasteiger partial charge in [-0.2, -0.15) is 0 Å². The van der Waals surface area contributed by atoms with Crippen molar-refractivity contribution >= 4 is 11.5 Å². The van der Waals surface area contributed by atoms with Crippen LogP contribution >= 0.6 is 0 Å². The fourth-order valence-corrected chi connectivity index (χ4v) is 6.72. The van der Waals surface area contributed by atoms with Crippen LogP contribution in [0.3, 0.4) is 0 Å². The number of hydrogen-bond acceptors (Lipinski definition) is 5. The van der Waals surface area contributed by atoms with Gasteiger partial charge < -0.3 is 4.90 Å². The smallest absolute Gasteiger partial charge is 0.138 e. The lowest BCUT2D eigenvalue weighted by molar-refractivity contribution is -0.129. The van der Waals surface area contributed by atoms with Crippen molar-refractivity contribution in [1.29, 1.82) is 0 Å². The van der Waals surface area contributed by atoms with Gasteiger partial charge in [-0.05, 0) is 56.8 Å². The number of piperazine rings is 1. The Labute approximate surface area is 188 Å². The standard InChI is InChI=1S/C26H40N4O/c1-18(2)23(31)20-5-7-25(8-6-20)13-21(14-25)30-12-11-29(17-26(30)9-10-26)22-15-27-24(19(3)4)28-16-22/h15-16,18-21H,5-14,17H2,1-4H3/t20-,21-,25?. The number of ketones is 1. The number of anilines is 1. The van der Waals surface area contributed by atoms with Gasteiger partial charge in [0, 0.05) is 49.0 Å². The van der Waals surface area contributed by atoms with Crippen LogP contribution in [-0.2, 0) is 4.79 Å². The molecule has 5 rings (SSSR count). The lowest BCUT2D eigenvalue weighted by Gasteiger charge is -2.58. The van der Waals surface area contributed by atoms with Gasteiger partial charge in [0.15, 0.2) is 0 Å². The zero-order chi connectivity index (χ0) is 21.8. The summed E-state index contributed by atoms with van der Waals surface area (Å²) in [6.45, 7) is 11.8. The molecule has 0 amide bonds. The molecule has 5 heteroatoms. The lowest BCUT2D eigenvalue weighted by atomic mass is 9.55. The van der Waals surface area contributed by atoms with Gasteiger partial charge in [0.2, 0.25) is 0 Å². The topological polar surface area (TPSA) is 49.3 Å². The Balaban J connectivity index is 1.17. The van der Waals surface area contributed by atoms with Crippen LogP contribution in [0, 0.1) is 17.3 Å². The van der Waals surface area contributed by atoms with Crippen LogP contribution in [0.4, 0.5) is 5.69 Å². The molecule has 0 aromatic carbocycles. The van der Waals surface area contributed by atoms with E-state index in [1.165, 1.54) is 50.8 Å². The molecule has 1 aliphatic heterocycles. The van der Waals surface area contributed by atoms with Gasteiger partial charge in [0.05, 0.1) is 18.1 Å². The summed E-state index contributed by atoms with van der Waals surface area (Å²) in [5.74, 6) is 2.36. The van der Waals surface area contributed by atoms with Crippen LogP contribution in [-0.4, -0.2) is 51.9 Å². The summed E-state index contributed by atoms with van der Waals surface area (Å²) >= 11 is 0. The molecular weight excluding hydrogens is 384 g/mol. The van der Waals surface area contributed by atoms with E-state index < -0.39 is 0 Å². The number of nitrogens with zero attached hydrogens (tertiary/aromatic N) is 4. The molecule has 1 aromatic rings. The monoisotopic (exact) mass is 424 g/mol. The van der Waals surface area contributed by atoms with E-state index in [2.05, 4.69) is 47.5 Å². The molecule has 3 saturated carbocycles. The fraction of sp³-hybridized carbons (Fsp3) is 0.808. The van der Waals surface area contributed by atoms with Crippen molar-refractivity contribution in [3.05, 3.63) is 18.2 Å². The van der Waals surface area contributed by atoms with Gasteiger partial charge in [0.1, 0.15) is 11.6 Å². The first-order valence-electron chi connectivity index (χ1n) is 12.7. The first kappa shape index (κ1) is 21.4. The second-order valence-corrected chi connectivity index (χ2v) is 11.7. The van der Waals surface area contributed by atoms with E-state index in [4.69, 9.17) is 0 Å². The molecule has 5 nitrogen and oxygen atoms in total. The van der Waals surface area contributed by atoms with Crippen LogP contribution < -0.4 is 4.90 Å². The third-order valence-electron chi connectivity index (χ3n) is 8.87. The van der Waals surface area contributed by atoms with Crippen molar-refractivity contribution in [1.82, 2.24) is 14.9 Å². The number of Topliss-reactive ketones (excluding diaryl/α,β-unsaturated/α-hetero) is 1. The maximum absolute atomic E-state index is 12.4. The number of aromatic nitrogens is 2. The van der Waals surface area contributed by atoms with Crippen molar-refractivity contribution in [2.75, 3.05) is 24.5 Å². The van der Waals surface area contributed by atoms with Gasteiger partial charge in [-0.1, -0.05) is 27.7 Å². The minimum absolute atomic E-state index is 0.200. The van der Waals surface area contributed by atoms with Crippen molar-refractivity contribution in [2.24, 2.45) is 17.3 Å². The molecule has 1 aromatic heterocycles. The first-order valence-corrected chi connectivity index (χ1v) is 12.7. The van der Waals surface area contributed by atoms with Gasteiger partial charge in [-0.15, -0.1) is 0 Å². The van der Waals surface area contributed by atoms with Gasteiger partial charge in [0.25, 0.3) is 0 Å². The van der Waals surface area contributed by atoms with Crippen LogP contribution in [0.25, 0.3) is 0 Å². The summed E-state index contributed by atoms with van der Waals surface area (Å²) in [6.07, 6.45) is 14.3. The highest BCUT2D eigenvalue weighted by molar-refractivity contribution is 5.82. The number of carbonyl (C=O) groups is 1. The molecule has 0 N–H and O–H groups in total. The molecule has 4 fully saturated rings. The molecule has 170 valence electrons. The van der Waals surface area contributed by atoms with Crippen LogP contribution in [0.1, 0.15) is 90.8 Å². The SMILES string of the molecule is CC(C)c1ncc(N2CCN([C@H]3CC4(CC[C@H](C(=O)C(C)C)CC4)C3)C3(CC3)C2)cn1. The maximum atomic E-state index is 12.4. The molecule has 1 saturated heterocycles. The number of hydrogen-bond donors (Lipinski definition) is 0. The summed E-state index contributed by atoms with van der Waals surface area (Å²) in [5.41, 5.74) is 2.13. The van der Waals surface area contributed by atoms with Crippen molar-refractivity contribution in [3.63, 3.8) is 0 Å². The zero-order valence-corrected chi connectivity index (χ0v) is 19.9. The molecule has 0 radical (unpaired) electrons. The summed E-state index contributed by atoms with van der Waals surface area (Å²) < 4.78 is 0. The van der Waals surface area contributed by atoms with Crippen molar-refractivity contribution in [2.45, 2.75) is 96.6 Å². The predicted molar refractivity (Wildman–Crippen MR) is 124 cm³/mol. The van der Waals surface area contributed by atoms with Crippen LogP contribution in [0.5, 0.6) is 0 Å². The highest BCUT2D eigenvalue weighted by Gasteiger charge is 2.58. The summed E-state index contributed by atoms with van der Waals surface area (Å²) in [6, 6.07) is 0.765. The number of rotatable bonds is 5. The molecular formula is C26H40N4O. The Hall–Kier alpha value is -1.49. The Morgan fingerprint density at radius 2 is 1.65 bits per heavy atom. The first-order chi connectivity index (χ1) is 14.8. The Bertz CT molecular complexity index is 797. The molecule has 0 bridgehead atoms. The molecule has 0 unspecified atom stereocenters. The molecule has 2 heterocycles. The van der Waals surface area contributed by atoms with Crippen LogP contribution in [0.15, 0.2) is 12.4 Å². The second kappa shape index (κ2) is 7.83. The van der Waals surface area contributed by atoms with E-state index in [1.807, 2.05) is 12.4 Å². The van der Waals surface area contributed by atoms with Gasteiger partial charge >= 0.3 is 0 Å². The fourth-order valence-electron chi connectivity index (χ4n) is 6.72. The zero-order valence-electron chi connectivity index (χ0n) is 19.9. The minimum Gasteiger partial charge on any atom is -0.366 e. The minimum atomic E-state index is 0.200. The Morgan fingerprint density at radius 3 is 2.19 bits per heavy atom. The highest BCUT2D eigenvalue weighted by atomic mass is 16.1. The molecule has 31 heavy (non-hydrogen) atoms. The maximum Gasteiger partial charge on any atom is 0.138 e. The van der Waals surface area contributed by atoms with Gasteiger partial charge in [-0.25, -0.2) is 9.97 Å².